The lowest BCUT2D eigenvalue weighted by Crippen LogP contribution is -2.30. The molecule has 0 aromatic heterocycles. The van der Waals surface area contributed by atoms with E-state index in [1.807, 2.05) is 42.5 Å². The van der Waals surface area contributed by atoms with Crippen molar-refractivity contribution in [2.24, 2.45) is 0 Å². The first kappa shape index (κ1) is 27.2. The van der Waals surface area contributed by atoms with E-state index in [9.17, 15) is 0 Å². The van der Waals surface area contributed by atoms with Crippen molar-refractivity contribution in [3.05, 3.63) is 60.2 Å². The van der Waals surface area contributed by atoms with Crippen LogP contribution in [0.1, 0.15) is 56.9 Å². The van der Waals surface area contributed by atoms with Crippen LogP contribution in [0.4, 0.5) is 0 Å². The van der Waals surface area contributed by atoms with Crippen LogP contribution in [0.25, 0.3) is 0 Å². The fourth-order valence-electron chi connectivity index (χ4n) is 3.71. The van der Waals surface area contributed by atoms with Gasteiger partial charge in [-0.25, -0.2) is 9.59 Å². The number of carboxylic acid groups (broad SMARTS) is 2. The second-order valence-corrected chi connectivity index (χ2v) is 8.37. The van der Waals surface area contributed by atoms with Crippen molar-refractivity contribution in [3.8, 4) is 11.5 Å². The zero-order valence-electron chi connectivity index (χ0n) is 19.9. The van der Waals surface area contributed by atoms with E-state index in [4.69, 9.17) is 29.3 Å². The van der Waals surface area contributed by atoms with E-state index in [1.165, 1.54) is 70.1 Å². The molecule has 2 aromatic rings. The maximum absolute atomic E-state index is 9.10. The minimum atomic E-state index is -1.82. The highest BCUT2D eigenvalue weighted by atomic mass is 16.5. The number of nitrogens with zero attached hydrogens (tertiary/aromatic N) is 1. The number of hydrogen-bond donors (Lipinski definition) is 2. The number of ether oxygens (including phenoxy) is 2. The summed E-state index contributed by atoms with van der Waals surface area (Å²) in [5.74, 6) is -1.84. The average Bonchev–Trinajstić information content (AvgIpc) is 2.86. The van der Waals surface area contributed by atoms with Crippen LogP contribution in [0.2, 0.25) is 0 Å². The van der Waals surface area contributed by atoms with Gasteiger partial charge in [0, 0.05) is 0 Å². The SMILES string of the molecule is O=C(O)C(=O)O.c1ccc(COc2ccc(OCCCCCCCN3CCCCC3)cc2)cc1. The quantitative estimate of drug-likeness (QED) is 0.323. The molecule has 1 aliphatic rings. The van der Waals surface area contributed by atoms with Crippen LogP contribution in [-0.2, 0) is 16.2 Å². The van der Waals surface area contributed by atoms with E-state index in [1.54, 1.807) is 0 Å². The molecule has 0 amide bonds. The second kappa shape index (κ2) is 16.5. The van der Waals surface area contributed by atoms with Crippen molar-refractivity contribution < 1.29 is 29.3 Å². The number of carbonyl (C=O) groups is 2. The van der Waals surface area contributed by atoms with Crippen molar-refractivity contribution in [1.29, 1.82) is 0 Å². The van der Waals surface area contributed by atoms with Crippen LogP contribution in [-0.4, -0.2) is 53.3 Å². The van der Waals surface area contributed by atoms with Crippen molar-refractivity contribution in [1.82, 2.24) is 4.90 Å². The normalized spacial score (nSPS) is 13.4. The van der Waals surface area contributed by atoms with E-state index >= 15 is 0 Å². The zero-order chi connectivity index (χ0) is 24.4. The Morgan fingerprint density at radius 3 is 1.88 bits per heavy atom. The molecule has 34 heavy (non-hydrogen) atoms. The number of likely N-dealkylation sites (tertiary alicyclic amines) is 1. The van der Waals surface area contributed by atoms with Gasteiger partial charge in [-0.3, -0.25) is 0 Å². The summed E-state index contributed by atoms with van der Waals surface area (Å²) in [4.78, 5) is 20.8. The molecule has 3 rings (SSSR count). The van der Waals surface area contributed by atoms with Gasteiger partial charge in [-0.1, -0.05) is 56.0 Å². The Morgan fingerprint density at radius 1 is 0.706 bits per heavy atom. The number of piperidine rings is 1. The van der Waals surface area contributed by atoms with Crippen LogP contribution in [0.3, 0.4) is 0 Å². The lowest BCUT2D eigenvalue weighted by Gasteiger charge is -2.26. The predicted molar refractivity (Wildman–Crippen MR) is 131 cm³/mol. The molecule has 0 atom stereocenters. The lowest BCUT2D eigenvalue weighted by molar-refractivity contribution is -0.159. The van der Waals surface area contributed by atoms with Gasteiger partial charge < -0.3 is 24.6 Å². The largest absolute Gasteiger partial charge is 0.494 e. The number of benzene rings is 2. The predicted octanol–water partition coefficient (Wildman–Crippen LogP) is 5.24. The van der Waals surface area contributed by atoms with Crippen molar-refractivity contribution >= 4 is 11.9 Å². The van der Waals surface area contributed by atoms with Crippen LogP contribution >= 0.6 is 0 Å². The Kier molecular flexibility index (Phi) is 13.2. The standard InChI is InChI=1S/C25H35NO2.C2H2O4/c1(2-8-18-26-19-9-5-10-20-26)3-11-21-27-24-14-16-25(17-15-24)28-22-23-12-6-4-7-13-23;3-1(4)2(5)6/h4,6-7,12-17H,1-3,5,8-11,18-22H2;(H,3,4)(H,5,6). The topological polar surface area (TPSA) is 96.3 Å². The molecule has 0 saturated carbocycles. The molecular formula is C27H37NO6. The van der Waals surface area contributed by atoms with Gasteiger partial charge in [-0.15, -0.1) is 0 Å². The molecule has 1 saturated heterocycles. The fraction of sp³-hybridized carbons (Fsp3) is 0.481. The van der Waals surface area contributed by atoms with Gasteiger partial charge in [0.1, 0.15) is 18.1 Å². The molecule has 2 N–H and O–H groups in total. The Labute approximate surface area is 202 Å². The van der Waals surface area contributed by atoms with Crippen molar-refractivity contribution in [2.45, 2.75) is 58.0 Å². The van der Waals surface area contributed by atoms with Gasteiger partial charge in [0.15, 0.2) is 0 Å². The molecule has 1 aliphatic heterocycles. The molecule has 0 radical (unpaired) electrons. The Morgan fingerprint density at radius 2 is 1.26 bits per heavy atom. The zero-order valence-corrected chi connectivity index (χ0v) is 19.9. The molecule has 0 spiro atoms. The van der Waals surface area contributed by atoms with Gasteiger partial charge in [-0.2, -0.15) is 0 Å². The van der Waals surface area contributed by atoms with Gasteiger partial charge in [0.05, 0.1) is 6.61 Å². The van der Waals surface area contributed by atoms with E-state index in [0.29, 0.717) is 6.61 Å². The molecule has 0 unspecified atom stereocenters. The first-order valence-corrected chi connectivity index (χ1v) is 12.1. The monoisotopic (exact) mass is 471 g/mol. The van der Waals surface area contributed by atoms with E-state index in [0.717, 1.165) is 24.5 Å². The Hall–Kier alpha value is -3.06. The van der Waals surface area contributed by atoms with Crippen LogP contribution < -0.4 is 9.47 Å². The summed E-state index contributed by atoms with van der Waals surface area (Å²) in [5.41, 5.74) is 1.18. The second-order valence-electron chi connectivity index (χ2n) is 8.37. The van der Waals surface area contributed by atoms with Crippen LogP contribution in [0.15, 0.2) is 54.6 Å². The molecule has 0 bridgehead atoms. The summed E-state index contributed by atoms with van der Waals surface area (Å²) < 4.78 is 11.7. The highest BCUT2D eigenvalue weighted by Gasteiger charge is 2.08. The summed E-state index contributed by atoms with van der Waals surface area (Å²) in [6, 6.07) is 18.2. The van der Waals surface area contributed by atoms with Gasteiger partial charge in [0.25, 0.3) is 0 Å². The Bertz CT molecular complexity index is 807. The van der Waals surface area contributed by atoms with Gasteiger partial charge in [0.2, 0.25) is 0 Å². The maximum Gasteiger partial charge on any atom is 0.414 e. The molecule has 2 aromatic carbocycles. The van der Waals surface area contributed by atoms with Gasteiger partial charge >= 0.3 is 11.9 Å². The molecule has 0 aliphatic carbocycles. The molecule has 1 fully saturated rings. The summed E-state index contributed by atoms with van der Waals surface area (Å²) >= 11 is 0. The summed E-state index contributed by atoms with van der Waals surface area (Å²) in [6.45, 7) is 5.35. The van der Waals surface area contributed by atoms with E-state index < -0.39 is 11.9 Å². The molecule has 7 heteroatoms. The summed E-state index contributed by atoms with van der Waals surface area (Å²) in [7, 11) is 0. The summed E-state index contributed by atoms with van der Waals surface area (Å²) in [6.07, 6.45) is 10.7. The summed E-state index contributed by atoms with van der Waals surface area (Å²) in [5, 5.41) is 14.8. The molecule has 1 heterocycles. The molecule has 7 nitrogen and oxygen atoms in total. The first-order valence-electron chi connectivity index (χ1n) is 12.1. The number of rotatable bonds is 12. The third-order valence-corrected chi connectivity index (χ3v) is 5.59. The minimum absolute atomic E-state index is 0.596. The third kappa shape index (κ3) is 12.3. The Balaban J connectivity index is 0.000000604. The highest BCUT2D eigenvalue weighted by Crippen LogP contribution is 2.19. The van der Waals surface area contributed by atoms with Gasteiger partial charge in [-0.05, 0) is 75.1 Å². The minimum Gasteiger partial charge on any atom is -0.494 e. The number of aliphatic carboxylic acids is 2. The maximum atomic E-state index is 9.10. The van der Waals surface area contributed by atoms with E-state index in [2.05, 4.69) is 17.0 Å². The highest BCUT2D eigenvalue weighted by molar-refractivity contribution is 6.27. The first-order chi connectivity index (χ1) is 16.5. The molecule has 186 valence electrons. The lowest BCUT2D eigenvalue weighted by atomic mass is 10.1. The number of unbranched alkanes of at least 4 members (excludes halogenated alkanes) is 4. The van der Waals surface area contributed by atoms with Crippen LogP contribution in [0.5, 0.6) is 11.5 Å². The van der Waals surface area contributed by atoms with Crippen LogP contribution in [0, 0.1) is 0 Å². The fourth-order valence-corrected chi connectivity index (χ4v) is 3.71. The smallest absolute Gasteiger partial charge is 0.414 e. The number of carboxylic acids is 2. The van der Waals surface area contributed by atoms with Crippen molar-refractivity contribution in [2.75, 3.05) is 26.2 Å². The molecular weight excluding hydrogens is 434 g/mol. The number of hydrogen-bond acceptors (Lipinski definition) is 5. The average molecular weight is 472 g/mol. The van der Waals surface area contributed by atoms with E-state index in [-0.39, 0.29) is 0 Å². The third-order valence-electron chi connectivity index (χ3n) is 5.59. The van der Waals surface area contributed by atoms with Crippen molar-refractivity contribution in [3.63, 3.8) is 0 Å².